The number of benzene rings is 2. The zero-order valence-corrected chi connectivity index (χ0v) is 19.1. The average Bonchev–Trinajstić information content (AvgIpc) is 2.76. The number of hydrogen-bond acceptors (Lipinski definition) is 3. The summed E-state index contributed by atoms with van der Waals surface area (Å²) in [6.07, 6.45) is 4.10. The highest BCUT2D eigenvalue weighted by atomic mass is 16.3. The SMILES string of the molecule is CC(C)c1cc(-c2cccc(CC(c3cc[nH]c(=O)c3)C(C)(C)O)c2)c2ncccc2c1. The van der Waals surface area contributed by atoms with Gasteiger partial charge in [0.2, 0.25) is 5.56 Å². The fourth-order valence-electron chi connectivity index (χ4n) is 4.32. The molecular formula is C28H30N2O2. The summed E-state index contributed by atoms with van der Waals surface area (Å²) in [5, 5.41) is 12.0. The zero-order valence-electron chi connectivity index (χ0n) is 19.1. The highest BCUT2D eigenvalue weighted by Crippen LogP contribution is 2.34. The van der Waals surface area contributed by atoms with Gasteiger partial charge in [0.1, 0.15) is 0 Å². The van der Waals surface area contributed by atoms with E-state index in [4.69, 9.17) is 0 Å². The van der Waals surface area contributed by atoms with Crippen LogP contribution in [0.4, 0.5) is 0 Å². The summed E-state index contributed by atoms with van der Waals surface area (Å²) in [4.78, 5) is 19.2. The first kappa shape index (κ1) is 22.0. The van der Waals surface area contributed by atoms with Gasteiger partial charge in [-0.05, 0) is 72.7 Å². The number of hydrogen-bond donors (Lipinski definition) is 2. The van der Waals surface area contributed by atoms with Crippen molar-refractivity contribution in [3.8, 4) is 11.1 Å². The molecule has 0 saturated carbocycles. The van der Waals surface area contributed by atoms with E-state index in [0.29, 0.717) is 12.3 Å². The van der Waals surface area contributed by atoms with Crippen molar-refractivity contribution in [1.82, 2.24) is 9.97 Å². The Labute approximate surface area is 189 Å². The van der Waals surface area contributed by atoms with Crippen LogP contribution in [0.25, 0.3) is 22.0 Å². The molecule has 0 aliphatic carbocycles. The second kappa shape index (κ2) is 8.71. The fraction of sp³-hybridized carbons (Fsp3) is 0.286. The normalized spacial score (nSPS) is 12.9. The molecule has 2 aromatic heterocycles. The maximum absolute atomic E-state index is 11.9. The van der Waals surface area contributed by atoms with Gasteiger partial charge in [-0.1, -0.05) is 44.2 Å². The second-order valence-corrected chi connectivity index (χ2v) is 9.40. The lowest BCUT2D eigenvalue weighted by Gasteiger charge is -2.30. The van der Waals surface area contributed by atoms with Crippen LogP contribution in [0, 0.1) is 0 Å². The van der Waals surface area contributed by atoms with Gasteiger partial charge in [-0.15, -0.1) is 0 Å². The van der Waals surface area contributed by atoms with Crippen LogP contribution >= 0.6 is 0 Å². The topological polar surface area (TPSA) is 66.0 Å². The van der Waals surface area contributed by atoms with Crippen molar-refractivity contribution in [2.45, 2.75) is 51.6 Å². The van der Waals surface area contributed by atoms with E-state index in [9.17, 15) is 9.90 Å². The summed E-state index contributed by atoms with van der Waals surface area (Å²) in [6, 6.07) is 20.4. The Morgan fingerprint density at radius 2 is 1.81 bits per heavy atom. The summed E-state index contributed by atoms with van der Waals surface area (Å²) < 4.78 is 0. The van der Waals surface area contributed by atoms with Gasteiger partial charge < -0.3 is 10.1 Å². The first-order valence-corrected chi connectivity index (χ1v) is 11.1. The number of nitrogens with zero attached hydrogens (tertiary/aromatic N) is 1. The number of aromatic nitrogens is 2. The van der Waals surface area contributed by atoms with Gasteiger partial charge in [0.05, 0.1) is 11.1 Å². The Morgan fingerprint density at radius 1 is 1.00 bits per heavy atom. The quantitative estimate of drug-likeness (QED) is 0.409. The molecule has 32 heavy (non-hydrogen) atoms. The third-order valence-electron chi connectivity index (χ3n) is 6.13. The molecule has 1 unspecified atom stereocenters. The van der Waals surface area contributed by atoms with E-state index in [1.165, 1.54) is 5.56 Å². The highest BCUT2D eigenvalue weighted by molar-refractivity contribution is 5.94. The van der Waals surface area contributed by atoms with Crippen molar-refractivity contribution in [2.75, 3.05) is 0 Å². The van der Waals surface area contributed by atoms with Crippen LogP contribution in [-0.4, -0.2) is 20.7 Å². The van der Waals surface area contributed by atoms with Crippen LogP contribution in [-0.2, 0) is 6.42 Å². The first-order valence-electron chi connectivity index (χ1n) is 11.1. The lowest BCUT2D eigenvalue weighted by Crippen LogP contribution is -2.31. The number of pyridine rings is 2. The number of aromatic amines is 1. The molecular weight excluding hydrogens is 396 g/mol. The van der Waals surface area contributed by atoms with Gasteiger partial charge in [-0.3, -0.25) is 9.78 Å². The minimum atomic E-state index is -0.977. The summed E-state index contributed by atoms with van der Waals surface area (Å²) in [7, 11) is 0. The molecule has 164 valence electrons. The van der Waals surface area contributed by atoms with E-state index in [1.807, 2.05) is 18.3 Å². The molecule has 4 nitrogen and oxygen atoms in total. The summed E-state index contributed by atoms with van der Waals surface area (Å²) in [5.41, 5.74) is 5.29. The molecule has 0 radical (unpaired) electrons. The van der Waals surface area contributed by atoms with Gasteiger partial charge in [0.15, 0.2) is 0 Å². The molecule has 4 heteroatoms. The van der Waals surface area contributed by atoms with E-state index >= 15 is 0 Å². The predicted octanol–water partition coefficient (Wildman–Crippen LogP) is 5.81. The second-order valence-electron chi connectivity index (χ2n) is 9.40. The van der Waals surface area contributed by atoms with Crippen LogP contribution in [0.2, 0.25) is 0 Å². The highest BCUT2D eigenvalue weighted by Gasteiger charge is 2.29. The van der Waals surface area contributed by atoms with Gasteiger partial charge in [-0.25, -0.2) is 0 Å². The molecule has 0 aliphatic rings. The van der Waals surface area contributed by atoms with Crippen molar-refractivity contribution in [3.05, 3.63) is 100 Å². The van der Waals surface area contributed by atoms with Gasteiger partial charge in [0.25, 0.3) is 0 Å². The van der Waals surface area contributed by atoms with Gasteiger partial charge in [0, 0.05) is 35.3 Å². The Bertz CT molecular complexity index is 1300. The molecule has 0 saturated heterocycles. The Morgan fingerprint density at radius 3 is 2.53 bits per heavy atom. The lowest BCUT2D eigenvalue weighted by atomic mass is 9.80. The molecule has 2 N–H and O–H groups in total. The fourth-order valence-corrected chi connectivity index (χ4v) is 4.32. The standard InChI is InChI=1S/C28H30N2O2/c1-18(2)23-15-22-9-6-11-30-27(22)24(16-23)20-8-5-7-19(13-20)14-25(28(3,4)32)21-10-12-29-26(31)17-21/h5-13,15-18,25,32H,14H2,1-4H3,(H,29,31). The van der Waals surface area contributed by atoms with Crippen molar-refractivity contribution < 1.29 is 5.11 Å². The number of nitrogens with one attached hydrogen (secondary N) is 1. The van der Waals surface area contributed by atoms with Gasteiger partial charge >= 0.3 is 0 Å². The monoisotopic (exact) mass is 426 g/mol. The minimum Gasteiger partial charge on any atom is -0.390 e. The molecule has 1 atom stereocenters. The van der Waals surface area contributed by atoms with Crippen LogP contribution < -0.4 is 5.56 Å². The molecule has 2 aromatic carbocycles. The lowest BCUT2D eigenvalue weighted by molar-refractivity contribution is 0.0496. The number of fused-ring (bicyclic) bond motifs is 1. The van der Waals surface area contributed by atoms with E-state index in [0.717, 1.165) is 33.2 Å². The Kier molecular flexibility index (Phi) is 5.98. The Hall–Kier alpha value is -3.24. The average molecular weight is 427 g/mol. The molecule has 0 amide bonds. The smallest absolute Gasteiger partial charge is 0.248 e. The largest absolute Gasteiger partial charge is 0.390 e. The summed E-state index contributed by atoms with van der Waals surface area (Å²) >= 11 is 0. The molecule has 4 rings (SSSR count). The number of H-pyrrole nitrogens is 1. The molecule has 4 aromatic rings. The number of aliphatic hydroxyl groups is 1. The number of rotatable bonds is 6. The van der Waals surface area contributed by atoms with Crippen LogP contribution in [0.3, 0.4) is 0 Å². The maximum atomic E-state index is 11.9. The molecule has 0 fully saturated rings. The van der Waals surface area contributed by atoms with Crippen molar-refractivity contribution in [3.63, 3.8) is 0 Å². The van der Waals surface area contributed by atoms with E-state index in [2.05, 4.69) is 66.3 Å². The van der Waals surface area contributed by atoms with E-state index in [-0.39, 0.29) is 11.5 Å². The van der Waals surface area contributed by atoms with Crippen LogP contribution in [0.5, 0.6) is 0 Å². The van der Waals surface area contributed by atoms with Gasteiger partial charge in [-0.2, -0.15) is 0 Å². The van der Waals surface area contributed by atoms with Crippen LogP contribution in [0.1, 0.15) is 56.2 Å². The van der Waals surface area contributed by atoms with Crippen molar-refractivity contribution in [1.29, 1.82) is 0 Å². The van der Waals surface area contributed by atoms with E-state index < -0.39 is 5.60 Å². The van der Waals surface area contributed by atoms with Crippen molar-refractivity contribution >= 4 is 10.9 Å². The maximum Gasteiger partial charge on any atom is 0.248 e. The molecule has 0 bridgehead atoms. The zero-order chi connectivity index (χ0) is 22.9. The molecule has 0 aliphatic heterocycles. The summed E-state index contributed by atoms with van der Waals surface area (Å²) in [6.45, 7) is 8.00. The third kappa shape index (κ3) is 4.66. The molecule has 0 spiro atoms. The first-order chi connectivity index (χ1) is 15.2. The summed E-state index contributed by atoms with van der Waals surface area (Å²) in [5.74, 6) is 0.203. The van der Waals surface area contributed by atoms with Crippen molar-refractivity contribution in [2.24, 2.45) is 0 Å². The van der Waals surface area contributed by atoms with Crippen LogP contribution in [0.15, 0.2) is 77.9 Å². The molecule has 2 heterocycles. The van der Waals surface area contributed by atoms with E-state index in [1.54, 1.807) is 26.1 Å². The Balaban J connectivity index is 1.78. The minimum absolute atomic E-state index is 0.159. The predicted molar refractivity (Wildman–Crippen MR) is 131 cm³/mol. The third-order valence-corrected chi connectivity index (χ3v) is 6.13.